The highest BCUT2D eigenvalue weighted by Crippen LogP contribution is 2.24. The number of nitrogens with two attached hydrogens (primary N) is 1. The molecule has 8 nitrogen and oxygen atoms in total. The fraction of sp³-hybridized carbons (Fsp3) is 0.429. The molecule has 0 aliphatic carbocycles. The van der Waals surface area contributed by atoms with Gasteiger partial charge in [0.2, 0.25) is 15.9 Å². The van der Waals surface area contributed by atoms with Gasteiger partial charge in [-0.15, -0.1) is 0 Å². The van der Waals surface area contributed by atoms with Gasteiger partial charge in [-0.05, 0) is 17.7 Å². The van der Waals surface area contributed by atoms with Crippen molar-refractivity contribution >= 4 is 21.7 Å². The minimum Gasteiger partial charge on any atom is -0.368 e. The van der Waals surface area contributed by atoms with Crippen LogP contribution in [0.5, 0.6) is 0 Å². The lowest BCUT2D eigenvalue weighted by Crippen LogP contribution is -2.50. The summed E-state index contributed by atoms with van der Waals surface area (Å²) in [7, 11) is -3.52. The first kappa shape index (κ1) is 22.2. The second kappa shape index (κ2) is 9.55. The number of piperazine rings is 1. The molecular formula is C21H29N5O3S. The van der Waals surface area contributed by atoms with Crippen molar-refractivity contribution in [2.45, 2.75) is 24.8 Å². The number of primary amides is 1. The molecule has 3 rings (SSSR count). The predicted molar refractivity (Wildman–Crippen MR) is 117 cm³/mol. The van der Waals surface area contributed by atoms with Crippen LogP contribution in [0.1, 0.15) is 25.5 Å². The van der Waals surface area contributed by atoms with Crippen LogP contribution in [0.3, 0.4) is 0 Å². The van der Waals surface area contributed by atoms with Crippen molar-refractivity contribution in [1.29, 1.82) is 0 Å². The minimum atomic E-state index is -3.52. The Hall–Kier alpha value is -2.49. The van der Waals surface area contributed by atoms with Crippen LogP contribution < -0.4 is 10.6 Å². The van der Waals surface area contributed by atoms with Gasteiger partial charge < -0.3 is 10.6 Å². The van der Waals surface area contributed by atoms with E-state index in [-0.39, 0.29) is 10.8 Å². The number of hydrogen-bond donors (Lipinski definition) is 1. The largest absolute Gasteiger partial charge is 0.368 e. The van der Waals surface area contributed by atoms with Crippen LogP contribution in [-0.2, 0) is 14.8 Å². The molecule has 1 atom stereocenters. The van der Waals surface area contributed by atoms with Crippen molar-refractivity contribution in [3.8, 4) is 0 Å². The van der Waals surface area contributed by atoms with Crippen LogP contribution in [0.25, 0.3) is 0 Å². The van der Waals surface area contributed by atoms with Crippen molar-refractivity contribution in [3.05, 3.63) is 54.2 Å². The maximum absolute atomic E-state index is 12.6. The standard InChI is InChI=1S/C21H29N5O3S/c1-3-26(4-2)30(28,29)18-10-11-19(23-16-18)24-12-14-25(15-13-24)20(21(22)27)17-8-6-5-7-9-17/h5-11,16,20H,3-4,12-15H2,1-2H3,(H2,22,27). The lowest BCUT2D eigenvalue weighted by molar-refractivity contribution is -0.123. The molecule has 1 aromatic heterocycles. The summed E-state index contributed by atoms with van der Waals surface area (Å²) < 4.78 is 26.7. The van der Waals surface area contributed by atoms with E-state index in [0.717, 1.165) is 11.4 Å². The lowest BCUT2D eigenvalue weighted by atomic mass is 10.0. The Morgan fingerprint density at radius 1 is 1.07 bits per heavy atom. The molecule has 0 radical (unpaired) electrons. The van der Waals surface area contributed by atoms with E-state index >= 15 is 0 Å². The van der Waals surface area contributed by atoms with Crippen LogP contribution in [0.2, 0.25) is 0 Å². The molecule has 9 heteroatoms. The predicted octanol–water partition coefficient (Wildman–Crippen LogP) is 1.46. The second-order valence-corrected chi connectivity index (χ2v) is 9.12. The zero-order valence-electron chi connectivity index (χ0n) is 17.4. The van der Waals surface area contributed by atoms with Gasteiger partial charge in [-0.3, -0.25) is 9.69 Å². The Kier molecular flexibility index (Phi) is 7.06. The third-order valence-corrected chi connectivity index (χ3v) is 7.49. The van der Waals surface area contributed by atoms with E-state index in [1.807, 2.05) is 44.2 Å². The van der Waals surface area contributed by atoms with E-state index in [0.29, 0.717) is 39.3 Å². The van der Waals surface area contributed by atoms with Crippen molar-refractivity contribution in [1.82, 2.24) is 14.2 Å². The molecule has 1 saturated heterocycles. The number of carbonyl (C=O) groups excluding carboxylic acids is 1. The highest BCUT2D eigenvalue weighted by molar-refractivity contribution is 7.89. The van der Waals surface area contributed by atoms with Gasteiger partial charge in [0, 0.05) is 45.5 Å². The van der Waals surface area contributed by atoms with Gasteiger partial charge in [-0.2, -0.15) is 4.31 Å². The fourth-order valence-corrected chi connectivity index (χ4v) is 5.23. The summed E-state index contributed by atoms with van der Waals surface area (Å²) in [5.74, 6) is 0.363. The molecule has 2 heterocycles. The summed E-state index contributed by atoms with van der Waals surface area (Å²) in [6, 6.07) is 12.4. The Labute approximate surface area is 178 Å². The molecule has 1 amide bonds. The zero-order valence-corrected chi connectivity index (χ0v) is 18.3. The van der Waals surface area contributed by atoms with Crippen molar-refractivity contribution in [3.63, 3.8) is 0 Å². The average molecular weight is 432 g/mol. The number of pyridine rings is 1. The number of nitrogens with zero attached hydrogens (tertiary/aromatic N) is 4. The molecule has 1 aliphatic heterocycles. The van der Waals surface area contributed by atoms with E-state index < -0.39 is 16.1 Å². The summed E-state index contributed by atoms with van der Waals surface area (Å²) in [6.07, 6.45) is 1.42. The molecule has 2 N–H and O–H groups in total. The Bertz CT molecular complexity index is 938. The number of aromatic nitrogens is 1. The number of rotatable bonds is 8. The normalized spacial score (nSPS) is 16.6. The van der Waals surface area contributed by atoms with E-state index in [1.54, 1.807) is 12.1 Å². The number of amides is 1. The number of sulfonamides is 1. The topological polar surface area (TPSA) is 99.8 Å². The van der Waals surface area contributed by atoms with Gasteiger partial charge in [0.05, 0.1) is 0 Å². The molecule has 2 aromatic rings. The Morgan fingerprint density at radius 2 is 1.70 bits per heavy atom. The van der Waals surface area contributed by atoms with E-state index in [1.165, 1.54) is 10.5 Å². The molecule has 162 valence electrons. The first-order valence-electron chi connectivity index (χ1n) is 10.2. The van der Waals surface area contributed by atoms with Gasteiger partial charge in [-0.25, -0.2) is 13.4 Å². The van der Waals surface area contributed by atoms with Crippen LogP contribution >= 0.6 is 0 Å². The van der Waals surface area contributed by atoms with Gasteiger partial charge in [-0.1, -0.05) is 44.2 Å². The van der Waals surface area contributed by atoms with Gasteiger partial charge in [0.25, 0.3) is 0 Å². The summed E-state index contributed by atoms with van der Waals surface area (Å²) in [5, 5.41) is 0. The van der Waals surface area contributed by atoms with Crippen LogP contribution in [0.4, 0.5) is 5.82 Å². The first-order chi connectivity index (χ1) is 14.4. The first-order valence-corrected chi connectivity index (χ1v) is 11.6. The molecule has 1 unspecified atom stereocenters. The molecule has 1 aromatic carbocycles. The van der Waals surface area contributed by atoms with Crippen molar-refractivity contribution < 1.29 is 13.2 Å². The fourth-order valence-electron chi connectivity index (χ4n) is 3.82. The highest BCUT2D eigenvalue weighted by atomic mass is 32.2. The zero-order chi connectivity index (χ0) is 21.7. The molecule has 30 heavy (non-hydrogen) atoms. The van der Waals surface area contributed by atoms with Crippen molar-refractivity contribution in [2.75, 3.05) is 44.2 Å². The van der Waals surface area contributed by atoms with Gasteiger partial charge in [0.1, 0.15) is 16.8 Å². The quantitative estimate of drug-likeness (QED) is 0.679. The monoisotopic (exact) mass is 431 g/mol. The van der Waals surface area contributed by atoms with Crippen LogP contribution in [0.15, 0.2) is 53.6 Å². The number of benzene rings is 1. The Balaban J connectivity index is 1.68. The van der Waals surface area contributed by atoms with E-state index in [9.17, 15) is 13.2 Å². The van der Waals surface area contributed by atoms with Crippen molar-refractivity contribution in [2.24, 2.45) is 5.73 Å². The summed E-state index contributed by atoms with van der Waals surface area (Å²) in [5.41, 5.74) is 6.57. The molecule has 0 spiro atoms. The van der Waals surface area contributed by atoms with Crippen LogP contribution in [-0.4, -0.2) is 67.8 Å². The highest BCUT2D eigenvalue weighted by Gasteiger charge is 2.29. The lowest BCUT2D eigenvalue weighted by Gasteiger charge is -2.38. The van der Waals surface area contributed by atoms with Gasteiger partial charge >= 0.3 is 0 Å². The number of anilines is 1. The SMILES string of the molecule is CCN(CC)S(=O)(=O)c1ccc(N2CCN(C(C(N)=O)c3ccccc3)CC2)nc1. The smallest absolute Gasteiger partial charge is 0.244 e. The molecular weight excluding hydrogens is 402 g/mol. The summed E-state index contributed by atoms with van der Waals surface area (Å²) in [4.78, 5) is 20.8. The second-order valence-electron chi connectivity index (χ2n) is 7.18. The third kappa shape index (κ3) is 4.63. The van der Waals surface area contributed by atoms with Gasteiger partial charge in [0.15, 0.2) is 0 Å². The average Bonchev–Trinajstić information content (AvgIpc) is 2.76. The maximum Gasteiger partial charge on any atom is 0.244 e. The maximum atomic E-state index is 12.6. The molecule has 1 aliphatic rings. The molecule has 0 bridgehead atoms. The third-order valence-electron chi connectivity index (χ3n) is 5.45. The Morgan fingerprint density at radius 3 is 2.20 bits per heavy atom. The summed E-state index contributed by atoms with van der Waals surface area (Å²) in [6.45, 7) is 7.13. The number of carbonyl (C=O) groups is 1. The molecule has 0 saturated carbocycles. The van der Waals surface area contributed by atoms with E-state index in [2.05, 4.69) is 14.8 Å². The van der Waals surface area contributed by atoms with E-state index in [4.69, 9.17) is 5.73 Å². The number of hydrogen-bond acceptors (Lipinski definition) is 6. The molecule has 1 fully saturated rings. The minimum absolute atomic E-state index is 0.200. The van der Waals surface area contributed by atoms with Crippen LogP contribution in [0, 0.1) is 0 Å². The summed E-state index contributed by atoms with van der Waals surface area (Å²) >= 11 is 0.